The van der Waals surface area contributed by atoms with Crippen LogP contribution in [0.25, 0.3) is 0 Å². The van der Waals surface area contributed by atoms with Crippen molar-refractivity contribution in [3.63, 3.8) is 0 Å². The summed E-state index contributed by atoms with van der Waals surface area (Å²) in [4.78, 5) is 4.06. The predicted octanol–water partition coefficient (Wildman–Crippen LogP) is 0.863. The van der Waals surface area contributed by atoms with Gasteiger partial charge in [-0.15, -0.1) is 0 Å². The zero-order valence-electron chi connectivity index (χ0n) is 8.31. The Bertz CT molecular complexity index is 261. The number of aliphatic hydroxyl groups is 1. The molecule has 1 aromatic rings. The second-order valence-electron chi connectivity index (χ2n) is 3.11. The molecule has 0 radical (unpaired) electrons. The van der Waals surface area contributed by atoms with E-state index < -0.39 is 0 Å². The van der Waals surface area contributed by atoms with Crippen LogP contribution in [0.4, 0.5) is 0 Å². The van der Waals surface area contributed by atoms with E-state index >= 15 is 0 Å². The summed E-state index contributed by atoms with van der Waals surface area (Å²) < 4.78 is 4.94. The topological polar surface area (TPSA) is 68.4 Å². The van der Waals surface area contributed by atoms with Crippen LogP contribution in [0.2, 0.25) is 0 Å². The largest absolute Gasteiger partial charge is 0.481 e. The molecule has 1 rings (SSSR count). The lowest BCUT2D eigenvalue weighted by atomic mass is 10.1. The van der Waals surface area contributed by atoms with Crippen LogP contribution in [0, 0.1) is 0 Å². The molecule has 0 aliphatic carbocycles. The van der Waals surface area contributed by atoms with Crippen molar-refractivity contribution in [2.24, 2.45) is 5.73 Å². The Hall–Kier alpha value is -1.13. The first kappa shape index (κ1) is 10.9. The van der Waals surface area contributed by atoms with Crippen LogP contribution in [0.1, 0.15) is 24.4 Å². The molecule has 1 heterocycles. The van der Waals surface area contributed by atoms with E-state index in [1.807, 2.05) is 6.07 Å². The van der Waals surface area contributed by atoms with Gasteiger partial charge in [0.25, 0.3) is 0 Å². The zero-order chi connectivity index (χ0) is 10.4. The van der Waals surface area contributed by atoms with Gasteiger partial charge in [0.2, 0.25) is 5.88 Å². The van der Waals surface area contributed by atoms with Crippen LogP contribution < -0.4 is 10.5 Å². The lowest BCUT2D eigenvalue weighted by Gasteiger charge is -2.10. The van der Waals surface area contributed by atoms with Crippen LogP contribution in [0.3, 0.4) is 0 Å². The third kappa shape index (κ3) is 2.97. The molecule has 78 valence electrons. The average molecular weight is 196 g/mol. The first-order valence-electron chi connectivity index (χ1n) is 4.64. The van der Waals surface area contributed by atoms with Crippen LogP contribution >= 0.6 is 0 Å². The van der Waals surface area contributed by atoms with Gasteiger partial charge < -0.3 is 15.6 Å². The molecular formula is C10H16N2O2. The molecule has 1 aromatic heterocycles. The molecule has 1 atom stereocenters. The van der Waals surface area contributed by atoms with Gasteiger partial charge in [-0.05, 0) is 18.4 Å². The molecule has 0 amide bonds. The fraction of sp³-hybridized carbons (Fsp3) is 0.500. The number of aliphatic hydroxyl groups excluding tert-OH is 1. The quantitative estimate of drug-likeness (QED) is 0.733. The maximum Gasteiger partial charge on any atom is 0.212 e. The molecule has 3 N–H and O–H groups in total. The summed E-state index contributed by atoms with van der Waals surface area (Å²) >= 11 is 0. The van der Waals surface area contributed by atoms with Crippen LogP contribution in [-0.2, 0) is 0 Å². The summed E-state index contributed by atoms with van der Waals surface area (Å²) in [7, 11) is 1.58. The molecule has 0 bridgehead atoms. The Labute approximate surface area is 83.7 Å². The van der Waals surface area contributed by atoms with Crippen molar-refractivity contribution in [2.75, 3.05) is 13.7 Å². The molecule has 0 saturated carbocycles. The lowest BCUT2D eigenvalue weighted by molar-refractivity contribution is 0.280. The summed E-state index contributed by atoms with van der Waals surface area (Å²) in [5.74, 6) is 0.586. The van der Waals surface area contributed by atoms with E-state index in [0.717, 1.165) is 12.0 Å². The zero-order valence-corrected chi connectivity index (χ0v) is 8.31. The number of hydrogen-bond acceptors (Lipinski definition) is 4. The number of aromatic nitrogens is 1. The van der Waals surface area contributed by atoms with Crippen LogP contribution in [0.15, 0.2) is 18.3 Å². The highest BCUT2D eigenvalue weighted by atomic mass is 16.5. The Balaban J connectivity index is 2.57. The minimum absolute atomic E-state index is 0.0550. The molecule has 0 aliphatic rings. The molecule has 0 unspecified atom stereocenters. The normalized spacial score (nSPS) is 12.5. The van der Waals surface area contributed by atoms with E-state index in [1.54, 1.807) is 19.4 Å². The smallest absolute Gasteiger partial charge is 0.212 e. The van der Waals surface area contributed by atoms with Crippen molar-refractivity contribution in [1.82, 2.24) is 4.98 Å². The van der Waals surface area contributed by atoms with E-state index in [9.17, 15) is 0 Å². The molecule has 4 nitrogen and oxygen atoms in total. The fourth-order valence-electron chi connectivity index (χ4n) is 1.21. The lowest BCUT2D eigenvalue weighted by Crippen LogP contribution is -2.11. The van der Waals surface area contributed by atoms with Gasteiger partial charge in [-0.25, -0.2) is 4.98 Å². The number of ether oxygens (including phenoxy) is 1. The SMILES string of the molecule is COc1ccc([C@@H](N)CCCO)cn1. The Morgan fingerprint density at radius 3 is 2.86 bits per heavy atom. The number of methoxy groups -OCH3 is 1. The van der Waals surface area contributed by atoms with E-state index in [1.165, 1.54) is 0 Å². The number of hydrogen-bond donors (Lipinski definition) is 2. The molecule has 0 fully saturated rings. The summed E-state index contributed by atoms with van der Waals surface area (Å²) in [6, 6.07) is 3.63. The van der Waals surface area contributed by atoms with Crippen molar-refractivity contribution in [3.8, 4) is 5.88 Å². The summed E-state index contributed by atoms with van der Waals surface area (Å²) in [5.41, 5.74) is 6.85. The molecule has 14 heavy (non-hydrogen) atoms. The fourth-order valence-corrected chi connectivity index (χ4v) is 1.21. The first-order chi connectivity index (χ1) is 6.77. The Kier molecular flexibility index (Phi) is 4.35. The standard InChI is InChI=1S/C10H16N2O2/c1-14-10-5-4-8(7-12-10)9(11)3-2-6-13/h4-5,7,9,13H,2-3,6,11H2,1H3/t9-/m0/s1. The maximum atomic E-state index is 8.65. The van der Waals surface area contributed by atoms with Gasteiger partial charge in [-0.3, -0.25) is 0 Å². The predicted molar refractivity (Wildman–Crippen MR) is 54.0 cm³/mol. The molecule has 0 aliphatic heterocycles. The van der Waals surface area contributed by atoms with Crippen molar-refractivity contribution in [2.45, 2.75) is 18.9 Å². The first-order valence-corrected chi connectivity index (χ1v) is 4.64. The number of pyridine rings is 1. The van der Waals surface area contributed by atoms with Crippen LogP contribution in [0.5, 0.6) is 5.88 Å². The minimum Gasteiger partial charge on any atom is -0.481 e. The number of nitrogens with two attached hydrogens (primary N) is 1. The van der Waals surface area contributed by atoms with E-state index in [2.05, 4.69) is 4.98 Å². The highest BCUT2D eigenvalue weighted by molar-refractivity contribution is 5.20. The van der Waals surface area contributed by atoms with E-state index in [4.69, 9.17) is 15.6 Å². The highest BCUT2D eigenvalue weighted by Gasteiger charge is 2.05. The molecule has 0 aromatic carbocycles. The van der Waals surface area contributed by atoms with Gasteiger partial charge in [0.1, 0.15) is 0 Å². The van der Waals surface area contributed by atoms with Gasteiger partial charge in [0, 0.05) is 24.9 Å². The van der Waals surface area contributed by atoms with Crippen LogP contribution in [-0.4, -0.2) is 23.8 Å². The van der Waals surface area contributed by atoms with Gasteiger partial charge in [-0.1, -0.05) is 6.07 Å². The van der Waals surface area contributed by atoms with Crippen molar-refractivity contribution in [3.05, 3.63) is 23.9 Å². The van der Waals surface area contributed by atoms with Gasteiger partial charge >= 0.3 is 0 Å². The Morgan fingerprint density at radius 1 is 1.57 bits per heavy atom. The van der Waals surface area contributed by atoms with Gasteiger partial charge in [-0.2, -0.15) is 0 Å². The Morgan fingerprint density at radius 2 is 2.36 bits per heavy atom. The summed E-state index contributed by atoms with van der Waals surface area (Å²) in [5, 5.41) is 8.65. The maximum absolute atomic E-state index is 8.65. The second-order valence-corrected chi connectivity index (χ2v) is 3.11. The molecule has 0 spiro atoms. The van der Waals surface area contributed by atoms with Crippen molar-refractivity contribution in [1.29, 1.82) is 0 Å². The summed E-state index contributed by atoms with van der Waals surface area (Å²) in [6.07, 6.45) is 3.19. The van der Waals surface area contributed by atoms with E-state index in [-0.39, 0.29) is 12.6 Å². The van der Waals surface area contributed by atoms with E-state index in [0.29, 0.717) is 12.3 Å². The van der Waals surface area contributed by atoms with Gasteiger partial charge in [0.15, 0.2) is 0 Å². The number of nitrogens with zero attached hydrogens (tertiary/aromatic N) is 1. The third-order valence-electron chi connectivity index (χ3n) is 2.07. The second kappa shape index (κ2) is 5.57. The van der Waals surface area contributed by atoms with Crippen molar-refractivity contribution >= 4 is 0 Å². The minimum atomic E-state index is -0.0550. The monoisotopic (exact) mass is 196 g/mol. The molecular weight excluding hydrogens is 180 g/mol. The highest BCUT2D eigenvalue weighted by Crippen LogP contribution is 2.16. The van der Waals surface area contributed by atoms with Crippen molar-refractivity contribution < 1.29 is 9.84 Å². The molecule has 4 heteroatoms. The summed E-state index contributed by atoms with van der Waals surface area (Å²) in [6.45, 7) is 0.178. The van der Waals surface area contributed by atoms with Gasteiger partial charge in [0.05, 0.1) is 7.11 Å². The molecule has 0 saturated heterocycles. The average Bonchev–Trinajstić information content (AvgIpc) is 2.26. The number of rotatable bonds is 5. The third-order valence-corrected chi connectivity index (χ3v) is 2.07.